The average Bonchev–Trinajstić information content (AvgIpc) is 2.37. The number of benzene rings is 1. The Morgan fingerprint density at radius 3 is 2.82 bits per heavy atom. The van der Waals surface area contributed by atoms with E-state index in [0.29, 0.717) is 5.41 Å². The number of piperidine rings is 1. The molecule has 0 radical (unpaired) electrons. The second kappa shape index (κ2) is 4.22. The maximum atomic E-state index is 5.42. The highest BCUT2D eigenvalue weighted by Crippen LogP contribution is 2.42. The fraction of sp³-hybridized carbons (Fsp3) is 0.571. The molecule has 1 spiro atoms. The summed E-state index contributed by atoms with van der Waals surface area (Å²) in [6.07, 6.45) is 2.69. The van der Waals surface area contributed by atoms with Gasteiger partial charge in [0.15, 0.2) is 0 Å². The standard InChI is InChI=1S/C14H20N2O/c1-17-13-6-3-2-5-12(13)16-10-14(11-16)7-4-8-15-9-14/h2-3,5-6,15H,4,7-11H2,1H3. The molecule has 0 aromatic heterocycles. The number of anilines is 1. The average molecular weight is 232 g/mol. The molecule has 0 bridgehead atoms. The van der Waals surface area contributed by atoms with Gasteiger partial charge in [0.05, 0.1) is 12.8 Å². The Balaban J connectivity index is 1.72. The van der Waals surface area contributed by atoms with Crippen LogP contribution in [0.1, 0.15) is 12.8 Å². The first kappa shape index (κ1) is 10.9. The Morgan fingerprint density at radius 1 is 1.29 bits per heavy atom. The van der Waals surface area contributed by atoms with Gasteiger partial charge in [-0.25, -0.2) is 0 Å². The fourth-order valence-corrected chi connectivity index (χ4v) is 3.13. The van der Waals surface area contributed by atoms with Crippen molar-refractivity contribution in [2.75, 3.05) is 38.2 Å². The van der Waals surface area contributed by atoms with Crippen LogP contribution in [0.25, 0.3) is 0 Å². The number of methoxy groups -OCH3 is 1. The van der Waals surface area contributed by atoms with Crippen molar-refractivity contribution in [3.63, 3.8) is 0 Å². The van der Waals surface area contributed by atoms with Crippen molar-refractivity contribution < 1.29 is 4.74 Å². The number of nitrogens with zero attached hydrogens (tertiary/aromatic N) is 1. The quantitative estimate of drug-likeness (QED) is 0.842. The zero-order valence-corrected chi connectivity index (χ0v) is 10.4. The number of ether oxygens (including phenoxy) is 1. The smallest absolute Gasteiger partial charge is 0.142 e. The van der Waals surface area contributed by atoms with Gasteiger partial charge in [-0.3, -0.25) is 0 Å². The molecule has 0 atom stereocenters. The number of nitrogens with one attached hydrogen (secondary N) is 1. The van der Waals surface area contributed by atoms with E-state index in [1.807, 2.05) is 12.1 Å². The van der Waals surface area contributed by atoms with Crippen molar-refractivity contribution >= 4 is 5.69 Å². The van der Waals surface area contributed by atoms with Gasteiger partial charge in [-0.1, -0.05) is 12.1 Å². The van der Waals surface area contributed by atoms with E-state index < -0.39 is 0 Å². The summed E-state index contributed by atoms with van der Waals surface area (Å²) < 4.78 is 5.42. The van der Waals surface area contributed by atoms with E-state index in [9.17, 15) is 0 Å². The Labute approximate surface area is 103 Å². The molecule has 1 aromatic rings. The van der Waals surface area contributed by atoms with E-state index in [4.69, 9.17) is 4.74 Å². The first-order valence-electron chi connectivity index (χ1n) is 6.42. The van der Waals surface area contributed by atoms with Crippen LogP contribution in [-0.4, -0.2) is 33.3 Å². The Bertz CT molecular complexity index is 391. The van der Waals surface area contributed by atoms with Crippen molar-refractivity contribution in [3.8, 4) is 5.75 Å². The minimum Gasteiger partial charge on any atom is -0.495 e. The number of para-hydroxylation sites is 2. The lowest BCUT2D eigenvalue weighted by Gasteiger charge is -2.53. The monoisotopic (exact) mass is 232 g/mol. The fourth-order valence-electron chi connectivity index (χ4n) is 3.13. The van der Waals surface area contributed by atoms with E-state index in [1.165, 1.54) is 44.7 Å². The van der Waals surface area contributed by atoms with E-state index in [1.54, 1.807) is 7.11 Å². The molecule has 92 valence electrons. The van der Waals surface area contributed by atoms with Crippen LogP contribution in [0, 0.1) is 5.41 Å². The molecule has 2 heterocycles. The van der Waals surface area contributed by atoms with Gasteiger partial charge in [-0.2, -0.15) is 0 Å². The summed E-state index contributed by atoms with van der Waals surface area (Å²) in [6, 6.07) is 8.31. The summed E-state index contributed by atoms with van der Waals surface area (Å²) in [7, 11) is 1.75. The summed E-state index contributed by atoms with van der Waals surface area (Å²) in [5, 5.41) is 3.52. The minimum atomic E-state index is 0.527. The summed E-state index contributed by atoms with van der Waals surface area (Å²) >= 11 is 0. The molecular formula is C14H20N2O. The lowest BCUT2D eigenvalue weighted by Crippen LogP contribution is -2.62. The van der Waals surface area contributed by atoms with Crippen molar-refractivity contribution in [1.82, 2.24) is 5.32 Å². The Kier molecular flexibility index (Phi) is 2.71. The molecule has 2 aliphatic rings. The highest BCUT2D eigenvalue weighted by atomic mass is 16.5. The van der Waals surface area contributed by atoms with Crippen molar-refractivity contribution in [2.45, 2.75) is 12.8 Å². The van der Waals surface area contributed by atoms with E-state index in [2.05, 4.69) is 22.3 Å². The molecule has 2 fully saturated rings. The van der Waals surface area contributed by atoms with Crippen molar-refractivity contribution in [3.05, 3.63) is 24.3 Å². The molecule has 1 N–H and O–H groups in total. The largest absolute Gasteiger partial charge is 0.495 e. The molecule has 3 nitrogen and oxygen atoms in total. The molecule has 17 heavy (non-hydrogen) atoms. The Morgan fingerprint density at radius 2 is 2.12 bits per heavy atom. The van der Waals surface area contributed by atoms with Gasteiger partial charge in [0, 0.05) is 25.0 Å². The zero-order chi connectivity index (χ0) is 11.7. The number of hydrogen-bond acceptors (Lipinski definition) is 3. The molecule has 2 saturated heterocycles. The van der Waals surface area contributed by atoms with Gasteiger partial charge in [0.1, 0.15) is 5.75 Å². The van der Waals surface area contributed by atoms with Crippen molar-refractivity contribution in [1.29, 1.82) is 0 Å². The van der Waals surface area contributed by atoms with Gasteiger partial charge in [-0.05, 0) is 31.5 Å². The molecule has 0 amide bonds. The van der Waals surface area contributed by atoms with E-state index >= 15 is 0 Å². The summed E-state index contributed by atoms with van der Waals surface area (Å²) in [5.74, 6) is 0.992. The number of rotatable bonds is 2. The third kappa shape index (κ3) is 1.89. The van der Waals surface area contributed by atoms with Crippen LogP contribution in [0.2, 0.25) is 0 Å². The van der Waals surface area contributed by atoms with Crippen LogP contribution in [0.5, 0.6) is 5.75 Å². The first-order chi connectivity index (χ1) is 8.33. The molecule has 0 saturated carbocycles. The number of hydrogen-bond donors (Lipinski definition) is 1. The normalized spacial score (nSPS) is 22.3. The topological polar surface area (TPSA) is 24.5 Å². The molecule has 3 heteroatoms. The predicted molar refractivity (Wildman–Crippen MR) is 69.7 cm³/mol. The molecule has 0 aliphatic carbocycles. The summed E-state index contributed by atoms with van der Waals surface area (Å²) in [6.45, 7) is 4.70. The van der Waals surface area contributed by atoms with Crippen LogP contribution in [-0.2, 0) is 0 Å². The van der Waals surface area contributed by atoms with Gasteiger partial charge in [0.2, 0.25) is 0 Å². The maximum absolute atomic E-state index is 5.42. The SMILES string of the molecule is COc1ccccc1N1CC2(CCCNC2)C1. The lowest BCUT2D eigenvalue weighted by atomic mass is 9.74. The summed E-state index contributed by atoms with van der Waals surface area (Å²) in [4.78, 5) is 2.44. The molecular weight excluding hydrogens is 212 g/mol. The molecule has 2 aliphatic heterocycles. The van der Waals surface area contributed by atoms with Gasteiger partial charge in [0.25, 0.3) is 0 Å². The highest BCUT2D eigenvalue weighted by Gasteiger charge is 2.44. The van der Waals surface area contributed by atoms with Gasteiger partial charge < -0.3 is 15.0 Å². The Hall–Kier alpha value is -1.22. The van der Waals surface area contributed by atoms with Crippen LogP contribution in [0.15, 0.2) is 24.3 Å². The molecule has 3 rings (SSSR count). The second-order valence-electron chi connectivity index (χ2n) is 5.31. The maximum Gasteiger partial charge on any atom is 0.142 e. The van der Waals surface area contributed by atoms with Gasteiger partial charge in [-0.15, -0.1) is 0 Å². The highest BCUT2D eigenvalue weighted by molar-refractivity contribution is 5.60. The van der Waals surface area contributed by atoms with E-state index in [0.717, 1.165) is 5.75 Å². The molecule has 1 aromatic carbocycles. The van der Waals surface area contributed by atoms with Crippen LogP contribution in [0.4, 0.5) is 5.69 Å². The van der Waals surface area contributed by atoms with Crippen LogP contribution >= 0.6 is 0 Å². The third-order valence-corrected chi connectivity index (χ3v) is 4.04. The van der Waals surface area contributed by atoms with Crippen LogP contribution in [0.3, 0.4) is 0 Å². The molecule has 0 unspecified atom stereocenters. The third-order valence-electron chi connectivity index (χ3n) is 4.04. The van der Waals surface area contributed by atoms with E-state index in [-0.39, 0.29) is 0 Å². The first-order valence-corrected chi connectivity index (χ1v) is 6.42. The van der Waals surface area contributed by atoms with Crippen molar-refractivity contribution in [2.24, 2.45) is 5.41 Å². The minimum absolute atomic E-state index is 0.527. The second-order valence-corrected chi connectivity index (χ2v) is 5.31. The van der Waals surface area contributed by atoms with Gasteiger partial charge >= 0.3 is 0 Å². The summed E-state index contributed by atoms with van der Waals surface area (Å²) in [5.41, 5.74) is 1.77. The van der Waals surface area contributed by atoms with Crippen LogP contribution < -0.4 is 15.0 Å². The lowest BCUT2D eigenvalue weighted by molar-refractivity contribution is 0.156. The zero-order valence-electron chi connectivity index (χ0n) is 10.4. The predicted octanol–water partition coefficient (Wildman–Crippen LogP) is 1.88.